The van der Waals surface area contributed by atoms with Crippen LogP contribution in [0.25, 0.3) is 11.0 Å². The van der Waals surface area contributed by atoms with E-state index in [0.717, 1.165) is 28.7 Å². The van der Waals surface area contributed by atoms with Gasteiger partial charge in [-0.1, -0.05) is 18.2 Å². The van der Waals surface area contributed by atoms with Gasteiger partial charge in [-0.15, -0.1) is 0 Å². The molecule has 0 aliphatic heterocycles. The Morgan fingerprint density at radius 2 is 1.89 bits per heavy atom. The minimum Gasteiger partial charge on any atom is -0.310 e. The van der Waals surface area contributed by atoms with Gasteiger partial charge in [0.25, 0.3) is 5.91 Å². The van der Waals surface area contributed by atoms with Gasteiger partial charge in [-0.3, -0.25) is 20.1 Å². The molecule has 0 spiro atoms. The Morgan fingerprint density at radius 3 is 2.70 bits per heavy atom. The number of amides is 1. The third kappa shape index (κ3) is 3.69. The molecular weight excluding hydrogens is 338 g/mol. The number of nitrogens with zero attached hydrogens (tertiary/aromatic N) is 4. The molecule has 134 valence electrons. The fraction of sp³-hybridized carbons (Fsp3) is 0.143. The SMILES string of the molecule is Cc1ccnc(C(=O)Nc2nc3ccccc3n2CCc2ccccn2)c1. The third-order valence-corrected chi connectivity index (χ3v) is 4.35. The lowest BCUT2D eigenvalue weighted by Crippen LogP contribution is -2.18. The number of hydrogen-bond acceptors (Lipinski definition) is 4. The zero-order valence-corrected chi connectivity index (χ0v) is 15.0. The Labute approximate surface area is 156 Å². The van der Waals surface area contributed by atoms with E-state index in [2.05, 4.69) is 20.3 Å². The fourth-order valence-electron chi connectivity index (χ4n) is 3.00. The van der Waals surface area contributed by atoms with E-state index in [-0.39, 0.29) is 5.91 Å². The maximum absolute atomic E-state index is 12.6. The summed E-state index contributed by atoms with van der Waals surface area (Å²) in [6.45, 7) is 2.59. The number of anilines is 1. The zero-order chi connectivity index (χ0) is 18.6. The van der Waals surface area contributed by atoms with Crippen LogP contribution in [0.2, 0.25) is 0 Å². The van der Waals surface area contributed by atoms with Crippen LogP contribution in [-0.4, -0.2) is 25.4 Å². The summed E-state index contributed by atoms with van der Waals surface area (Å²) in [5.41, 5.74) is 4.16. The summed E-state index contributed by atoms with van der Waals surface area (Å²) < 4.78 is 2.01. The van der Waals surface area contributed by atoms with Crippen LogP contribution >= 0.6 is 0 Å². The summed E-state index contributed by atoms with van der Waals surface area (Å²) in [6, 6.07) is 17.3. The van der Waals surface area contributed by atoms with Gasteiger partial charge in [-0.25, -0.2) is 4.98 Å². The number of imidazole rings is 1. The lowest BCUT2D eigenvalue weighted by Gasteiger charge is -2.10. The molecule has 0 saturated carbocycles. The van der Waals surface area contributed by atoms with Gasteiger partial charge in [0, 0.05) is 31.1 Å². The fourth-order valence-corrected chi connectivity index (χ4v) is 3.00. The molecule has 0 fully saturated rings. The number of benzene rings is 1. The van der Waals surface area contributed by atoms with Crippen molar-refractivity contribution in [3.05, 3.63) is 83.9 Å². The van der Waals surface area contributed by atoms with Crippen molar-refractivity contribution in [1.29, 1.82) is 0 Å². The standard InChI is InChI=1S/C21H19N5O/c1-15-9-12-23-18(14-15)20(27)25-21-24-17-7-2-3-8-19(17)26(21)13-10-16-6-4-5-11-22-16/h2-9,11-12,14H,10,13H2,1H3,(H,24,25,27). The minimum absolute atomic E-state index is 0.270. The molecule has 1 N–H and O–H groups in total. The molecule has 3 heterocycles. The normalized spacial score (nSPS) is 10.9. The first-order valence-electron chi connectivity index (χ1n) is 8.80. The van der Waals surface area contributed by atoms with Gasteiger partial charge in [0.15, 0.2) is 0 Å². The van der Waals surface area contributed by atoms with Gasteiger partial charge in [0.2, 0.25) is 5.95 Å². The van der Waals surface area contributed by atoms with Crippen LogP contribution in [0.1, 0.15) is 21.7 Å². The Hall–Kier alpha value is -3.54. The van der Waals surface area contributed by atoms with Gasteiger partial charge in [-0.05, 0) is 48.9 Å². The lowest BCUT2D eigenvalue weighted by atomic mass is 10.2. The molecular formula is C21H19N5O. The number of nitrogens with one attached hydrogen (secondary N) is 1. The Kier molecular flexibility index (Phi) is 4.61. The molecule has 4 rings (SSSR count). The van der Waals surface area contributed by atoms with E-state index in [1.807, 2.05) is 60.0 Å². The molecule has 0 aliphatic rings. The molecule has 0 saturated heterocycles. The second-order valence-corrected chi connectivity index (χ2v) is 6.32. The molecule has 1 amide bonds. The van der Waals surface area contributed by atoms with Crippen molar-refractivity contribution >= 4 is 22.9 Å². The number of aromatic nitrogens is 4. The largest absolute Gasteiger partial charge is 0.310 e. The minimum atomic E-state index is -0.270. The van der Waals surface area contributed by atoms with Crippen LogP contribution < -0.4 is 5.32 Å². The molecule has 1 aromatic carbocycles. The van der Waals surface area contributed by atoms with Crippen LogP contribution in [-0.2, 0) is 13.0 Å². The topological polar surface area (TPSA) is 72.7 Å². The van der Waals surface area contributed by atoms with Crippen molar-refractivity contribution in [2.45, 2.75) is 19.9 Å². The van der Waals surface area contributed by atoms with Crippen molar-refractivity contribution < 1.29 is 4.79 Å². The van der Waals surface area contributed by atoms with Crippen molar-refractivity contribution in [3.8, 4) is 0 Å². The van der Waals surface area contributed by atoms with Gasteiger partial charge >= 0.3 is 0 Å². The smallest absolute Gasteiger partial charge is 0.276 e. The van der Waals surface area contributed by atoms with Crippen molar-refractivity contribution in [3.63, 3.8) is 0 Å². The first-order chi connectivity index (χ1) is 13.2. The average Bonchev–Trinajstić information content (AvgIpc) is 3.04. The number of hydrogen-bond donors (Lipinski definition) is 1. The van der Waals surface area contributed by atoms with E-state index in [0.29, 0.717) is 18.2 Å². The third-order valence-electron chi connectivity index (χ3n) is 4.35. The maximum Gasteiger partial charge on any atom is 0.276 e. The lowest BCUT2D eigenvalue weighted by molar-refractivity contribution is 0.102. The van der Waals surface area contributed by atoms with E-state index in [9.17, 15) is 4.79 Å². The summed E-state index contributed by atoms with van der Waals surface area (Å²) >= 11 is 0. The highest BCUT2D eigenvalue weighted by molar-refractivity contribution is 6.02. The second-order valence-electron chi connectivity index (χ2n) is 6.32. The first-order valence-corrected chi connectivity index (χ1v) is 8.80. The summed E-state index contributed by atoms with van der Waals surface area (Å²) in [4.78, 5) is 25.8. The van der Waals surface area contributed by atoms with E-state index >= 15 is 0 Å². The number of fused-ring (bicyclic) bond motifs is 1. The molecule has 0 atom stereocenters. The number of carbonyl (C=O) groups is 1. The molecule has 6 nitrogen and oxygen atoms in total. The number of para-hydroxylation sites is 2. The molecule has 6 heteroatoms. The second kappa shape index (κ2) is 7.37. The van der Waals surface area contributed by atoms with Crippen molar-refractivity contribution in [2.75, 3.05) is 5.32 Å². The number of carbonyl (C=O) groups excluding carboxylic acids is 1. The Morgan fingerprint density at radius 1 is 1.04 bits per heavy atom. The van der Waals surface area contributed by atoms with Crippen molar-refractivity contribution in [2.24, 2.45) is 0 Å². The van der Waals surface area contributed by atoms with Gasteiger partial charge in [-0.2, -0.15) is 0 Å². The highest BCUT2D eigenvalue weighted by Gasteiger charge is 2.15. The highest BCUT2D eigenvalue weighted by atomic mass is 16.2. The molecule has 0 unspecified atom stereocenters. The van der Waals surface area contributed by atoms with Gasteiger partial charge in [0.1, 0.15) is 5.69 Å². The molecule has 0 radical (unpaired) electrons. The molecule has 27 heavy (non-hydrogen) atoms. The van der Waals surface area contributed by atoms with Gasteiger partial charge in [0.05, 0.1) is 11.0 Å². The molecule has 0 bridgehead atoms. The van der Waals surface area contributed by atoms with Crippen molar-refractivity contribution in [1.82, 2.24) is 19.5 Å². The Balaban J connectivity index is 1.64. The number of rotatable bonds is 5. The van der Waals surface area contributed by atoms with Gasteiger partial charge < -0.3 is 4.57 Å². The quantitative estimate of drug-likeness (QED) is 0.592. The first kappa shape index (κ1) is 16.9. The summed E-state index contributed by atoms with van der Waals surface area (Å²) in [7, 11) is 0. The van der Waals surface area contributed by atoms with E-state index in [1.165, 1.54) is 0 Å². The number of aryl methyl sites for hydroxylation is 3. The summed E-state index contributed by atoms with van der Waals surface area (Å²) in [5, 5.41) is 2.91. The maximum atomic E-state index is 12.6. The van der Waals surface area contributed by atoms with Crippen LogP contribution in [0.5, 0.6) is 0 Å². The molecule has 0 aliphatic carbocycles. The average molecular weight is 357 g/mol. The highest BCUT2D eigenvalue weighted by Crippen LogP contribution is 2.20. The molecule has 3 aromatic heterocycles. The Bertz CT molecular complexity index is 1090. The molecule has 4 aromatic rings. The van der Waals surface area contributed by atoms with Crippen LogP contribution in [0, 0.1) is 6.92 Å². The monoisotopic (exact) mass is 357 g/mol. The van der Waals surface area contributed by atoms with Crippen LogP contribution in [0.15, 0.2) is 67.0 Å². The summed E-state index contributed by atoms with van der Waals surface area (Å²) in [5.74, 6) is 0.244. The van der Waals surface area contributed by atoms with E-state index in [1.54, 1.807) is 18.5 Å². The predicted molar refractivity (Wildman–Crippen MR) is 105 cm³/mol. The van der Waals surface area contributed by atoms with Crippen LogP contribution in [0.3, 0.4) is 0 Å². The zero-order valence-electron chi connectivity index (χ0n) is 15.0. The number of pyridine rings is 2. The van der Waals surface area contributed by atoms with Crippen LogP contribution in [0.4, 0.5) is 5.95 Å². The predicted octanol–water partition coefficient (Wildman–Crippen LogP) is 3.63. The van der Waals surface area contributed by atoms with E-state index < -0.39 is 0 Å². The van der Waals surface area contributed by atoms with E-state index in [4.69, 9.17) is 0 Å². The summed E-state index contributed by atoms with van der Waals surface area (Å²) in [6.07, 6.45) is 4.16.